The Morgan fingerprint density at radius 2 is 1.84 bits per heavy atom. The molecule has 158 valence electrons. The zero-order chi connectivity index (χ0) is 21.8. The molecule has 0 radical (unpaired) electrons. The van der Waals surface area contributed by atoms with Gasteiger partial charge in [0.25, 0.3) is 0 Å². The van der Waals surface area contributed by atoms with Crippen LogP contribution in [0.25, 0.3) is 17.0 Å². The molecule has 0 aliphatic heterocycles. The summed E-state index contributed by atoms with van der Waals surface area (Å²) < 4.78 is 34.5. The average Bonchev–Trinajstić information content (AvgIpc) is 3.21. The molecule has 1 N–H and O–H groups in total. The Morgan fingerprint density at radius 1 is 1.03 bits per heavy atom. The van der Waals surface area contributed by atoms with Crippen molar-refractivity contribution >= 4 is 21.5 Å². The molecule has 0 atom stereocenters. The molecule has 4 rings (SSSR count). The van der Waals surface area contributed by atoms with E-state index in [0.29, 0.717) is 22.9 Å². The first kappa shape index (κ1) is 20.6. The maximum absolute atomic E-state index is 12.4. The number of sulfonamides is 1. The highest BCUT2D eigenvalue weighted by molar-refractivity contribution is 7.89. The van der Waals surface area contributed by atoms with Crippen LogP contribution in [0, 0.1) is 0 Å². The van der Waals surface area contributed by atoms with Crippen molar-refractivity contribution in [1.29, 1.82) is 0 Å². The molecule has 4 aromatic rings. The number of Topliss-reactive ketones (excluding diaryl/α,β-unsaturated/α-hetero) is 1. The summed E-state index contributed by atoms with van der Waals surface area (Å²) in [6.07, 6.45) is 0. The van der Waals surface area contributed by atoms with E-state index in [0.717, 1.165) is 5.56 Å². The fraction of sp³-hybridized carbons (Fsp3) is 0.143. The smallest absolute Gasteiger partial charge is 0.240 e. The number of ketones is 1. The van der Waals surface area contributed by atoms with Crippen LogP contribution in [0.15, 0.2) is 71.6 Å². The molecule has 2 heterocycles. The number of nitrogens with zero attached hydrogens (tertiary/aromatic N) is 4. The molecule has 0 amide bonds. The highest BCUT2D eigenvalue weighted by Gasteiger charge is 2.15. The predicted molar refractivity (Wildman–Crippen MR) is 113 cm³/mol. The summed E-state index contributed by atoms with van der Waals surface area (Å²) in [6, 6.07) is 18.8. The molecule has 31 heavy (non-hydrogen) atoms. The minimum absolute atomic E-state index is 0.0248. The second kappa shape index (κ2) is 8.62. The average molecular weight is 437 g/mol. The summed E-state index contributed by atoms with van der Waals surface area (Å²) >= 11 is 0. The first-order valence-corrected chi connectivity index (χ1v) is 10.9. The van der Waals surface area contributed by atoms with E-state index in [1.807, 2.05) is 30.3 Å². The third-order valence-corrected chi connectivity index (χ3v) is 5.92. The van der Waals surface area contributed by atoms with Crippen LogP contribution in [0.3, 0.4) is 0 Å². The maximum Gasteiger partial charge on any atom is 0.240 e. The Kier molecular flexibility index (Phi) is 5.74. The molecule has 0 aliphatic rings. The largest absolute Gasteiger partial charge is 0.475 e. The monoisotopic (exact) mass is 437 g/mol. The summed E-state index contributed by atoms with van der Waals surface area (Å²) in [6.45, 7) is 1.48. The Labute approximate surface area is 178 Å². The van der Waals surface area contributed by atoms with Gasteiger partial charge in [-0.15, -0.1) is 15.3 Å². The van der Waals surface area contributed by atoms with Gasteiger partial charge in [0.2, 0.25) is 15.9 Å². The zero-order valence-electron chi connectivity index (χ0n) is 16.6. The van der Waals surface area contributed by atoms with Crippen molar-refractivity contribution in [2.24, 2.45) is 0 Å². The van der Waals surface area contributed by atoms with Crippen LogP contribution in [0.4, 0.5) is 0 Å². The lowest BCUT2D eigenvalue weighted by molar-refractivity contribution is 0.101. The number of carbonyl (C=O) groups is 1. The van der Waals surface area contributed by atoms with Crippen molar-refractivity contribution in [3.63, 3.8) is 0 Å². The highest BCUT2D eigenvalue weighted by Crippen LogP contribution is 2.18. The van der Waals surface area contributed by atoms with E-state index >= 15 is 0 Å². The summed E-state index contributed by atoms with van der Waals surface area (Å²) in [5, 5.41) is 12.7. The second-order valence-electron chi connectivity index (χ2n) is 6.66. The van der Waals surface area contributed by atoms with Crippen LogP contribution in [0.1, 0.15) is 17.3 Å². The summed E-state index contributed by atoms with van der Waals surface area (Å²) in [5.41, 5.74) is 1.76. The maximum atomic E-state index is 12.4. The van der Waals surface area contributed by atoms with Crippen LogP contribution in [-0.4, -0.2) is 47.2 Å². The molecule has 0 spiro atoms. The topological polar surface area (TPSA) is 116 Å². The Bertz CT molecular complexity index is 1340. The number of rotatable bonds is 8. The highest BCUT2D eigenvalue weighted by atomic mass is 32.2. The van der Waals surface area contributed by atoms with Gasteiger partial charge in [0.05, 0.1) is 4.90 Å². The molecule has 9 nitrogen and oxygen atoms in total. The van der Waals surface area contributed by atoms with Crippen molar-refractivity contribution in [2.75, 3.05) is 13.2 Å². The first-order valence-electron chi connectivity index (χ1n) is 9.45. The number of nitrogens with one attached hydrogen (secondary N) is 1. The van der Waals surface area contributed by atoms with E-state index in [9.17, 15) is 13.2 Å². The first-order chi connectivity index (χ1) is 14.9. The van der Waals surface area contributed by atoms with Crippen LogP contribution >= 0.6 is 0 Å². The molecule has 2 aromatic carbocycles. The van der Waals surface area contributed by atoms with Gasteiger partial charge < -0.3 is 4.74 Å². The Hall–Kier alpha value is -3.63. The SMILES string of the molecule is CC(=O)c1cccc(S(=O)(=O)NCCOc2ccc3nnc(-c4ccccc4)n3n2)c1. The van der Waals surface area contributed by atoms with Crippen molar-refractivity contribution in [3.05, 3.63) is 72.3 Å². The number of carbonyl (C=O) groups excluding carboxylic acids is 1. The molecule has 0 saturated carbocycles. The molecular formula is C21H19N5O4S. The van der Waals surface area contributed by atoms with E-state index < -0.39 is 10.0 Å². The van der Waals surface area contributed by atoms with Crippen molar-refractivity contribution in [2.45, 2.75) is 11.8 Å². The molecule has 10 heteroatoms. The van der Waals surface area contributed by atoms with Crippen LogP contribution in [-0.2, 0) is 10.0 Å². The molecule has 0 unspecified atom stereocenters. The minimum atomic E-state index is -3.77. The zero-order valence-corrected chi connectivity index (χ0v) is 17.4. The van der Waals surface area contributed by atoms with E-state index in [2.05, 4.69) is 20.0 Å². The lowest BCUT2D eigenvalue weighted by Crippen LogP contribution is -2.28. The fourth-order valence-electron chi connectivity index (χ4n) is 2.91. The van der Waals surface area contributed by atoms with E-state index in [-0.39, 0.29) is 23.8 Å². The second-order valence-corrected chi connectivity index (χ2v) is 8.43. The number of fused-ring (bicyclic) bond motifs is 1. The summed E-state index contributed by atoms with van der Waals surface area (Å²) in [4.78, 5) is 11.5. The van der Waals surface area contributed by atoms with Gasteiger partial charge in [-0.25, -0.2) is 13.1 Å². The van der Waals surface area contributed by atoms with Crippen LogP contribution in [0.5, 0.6) is 5.88 Å². The molecular weight excluding hydrogens is 418 g/mol. The van der Waals surface area contributed by atoms with E-state index in [4.69, 9.17) is 4.74 Å². The Balaban J connectivity index is 1.42. The lowest BCUT2D eigenvalue weighted by Gasteiger charge is -2.09. The van der Waals surface area contributed by atoms with Gasteiger partial charge in [0.1, 0.15) is 6.61 Å². The van der Waals surface area contributed by atoms with E-state index in [1.165, 1.54) is 25.1 Å². The summed E-state index contributed by atoms with van der Waals surface area (Å²) in [7, 11) is -3.77. The van der Waals surface area contributed by atoms with Gasteiger partial charge in [-0.05, 0) is 25.1 Å². The number of hydrogen-bond acceptors (Lipinski definition) is 7. The fourth-order valence-corrected chi connectivity index (χ4v) is 3.97. The third-order valence-electron chi connectivity index (χ3n) is 4.47. The van der Waals surface area contributed by atoms with Crippen molar-refractivity contribution in [1.82, 2.24) is 24.5 Å². The molecule has 0 saturated heterocycles. The molecule has 0 fully saturated rings. The minimum Gasteiger partial charge on any atom is -0.475 e. The van der Waals surface area contributed by atoms with E-state index in [1.54, 1.807) is 22.7 Å². The molecule has 0 aliphatic carbocycles. The van der Waals surface area contributed by atoms with Gasteiger partial charge in [0.15, 0.2) is 17.3 Å². The van der Waals surface area contributed by atoms with Gasteiger partial charge in [-0.2, -0.15) is 4.52 Å². The molecule has 2 aromatic heterocycles. The van der Waals surface area contributed by atoms with Crippen LogP contribution < -0.4 is 9.46 Å². The Morgan fingerprint density at radius 3 is 2.61 bits per heavy atom. The number of benzene rings is 2. The standard InChI is InChI=1S/C21H19N5O4S/c1-15(27)17-8-5-9-18(14-17)31(28,29)22-12-13-30-20-11-10-19-23-24-21(26(19)25-20)16-6-3-2-4-7-16/h2-11,14,22H,12-13H2,1H3. The quantitative estimate of drug-likeness (QED) is 0.332. The van der Waals surface area contributed by atoms with Crippen LogP contribution in [0.2, 0.25) is 0 Å². The van der Waals surface area contributed by atoms with Crippen molar-refractivity contribution in [3.8, 4) is 17.3 Å². The number of hydrogen-bond donors (Lipinski definition) is 1. The predicted octanol–water partition coefficient (Wildman–Crippen LogP) is 2.35. The van der Waals surface area contributed by atoms with Gasteiger partial charge in [-0.1, -0.05) is 42.5 Å². The summed E-state index contributed by atoms with van der Waals surface area (Å²) in [5.74, 6) is 0.681. The van der Waals surface area contributed by atoms with Gasteiger partial charge in [-0.3, -0.25) is 4.79 Å². The number of ether oxygens (including phenoxy) is 1. The normalized spacial score (nSPS) is 11.5. The van der Waals surface area contributed by atoms with Gasteiger partial charge >= 0.3 is 0 Å². The molecule has 0 bridgehead atoms. The third kappa shape index (κ3) is 4.60. The van der Waals surface area contributed by atoms with Gasteiger partial charge in [0, 0.05) is 23.7 Å². The van der Waals surface area contributed by atoms with Crippen molar-refractivity contribution < 1.29 is 17.9 Å². The number of aromatic nitrogens is 4. The lowest BCUT2D eigenvalue weighted by atomic mass is 10.2.